The molecule has 4 fully saturated rings. The fourth-order valence-electron chi connectivity index (χ4n) is 5.83. The third kappa shape index (κ3) is 2.18. The lowest BCUT2D eigenvalue weighted by Crippen LogP contribution is -2.47. The van der Waals surface area contributed by atoms with Gasteiger partial charge >= 0.3 is 0 Å². The highest BCUT2D eigenvalue weighted by Gasteiger charge is 2.51. The van der Waals surface area contributed by atoms with Crippen molar-refractivity contribution in [2.75, 3.05) is 0 Å². The summed E-state index contributed by atoms with van der Waals surface area (Å²) >= 11 is 0. The van der Waals surface area contributed by atoms with Crippen molar-refractivity contribution in [2.24, 2.45) is 28.9 Å². The third-order valence-electron chi connectivity index (χ3n) is 6.12. The van der Waals surface area contributed by atoms with Gasteiger partial charge in [-0.25, -0.2) is 4.39 Å². The Hall–Kier alpha value is -0.890. The zero-order valence-corrected chi connectivity index (χ0v) is 12.0. The van der Waals surface area contributed by atoms with Gasteiger partial charge in [-0.05, 0) is 85.8 Å². The van der Waals surface area contributed by atoms with Crippen LogP contribution in [0.3, 0.4) is 0 Å². The summed E-state index contributed by atoms with van der Waals surface area (Å²) in [6, 6.07) is 6.87. The summed E-state index contributed by atoms with van der Waals surface area (Å²) in [6.07, 6.45) is 9.72. The minimum atomic E-state index is -0.171. The molecule has 4 aliphatic carbocycles. The molecule has 2 heteroatoms. The Morgan fingerprint density at radius 3 is 2.00 bits per heavy atom. The lowest BCUT2D eigenvalue weighted by molar-refractivity contribution is -0.0605. The highest BCUT2D eigenvalue weighted by molar-refractivity contribution is 5.20. The molecular formula is C18H24FN. The van der Waals surface area contributed by atoms with Crippen molar-refractivity contribution in [1.29, 1.82) is 0 Å². The molecule has 4 aliphatic rings. The van der Waals surface area contributed by atoms with Crippen LogP contribution in [-0.2, 0) is 0 Å². The van der Waals surface area contributed by atoms with E-state index in [0.717, 1.165) is 29.7 Å². The first kappa shape index (κ1) is 12.8. The van der Waals surface area contributed by atoms with Crippen LogP contribution in [-0.4, -0.2) is 0 Å². The number of hydrogen-bond donors (Lipinski definition) is 1. The fraction of sp³-hybridized carbons (Fsp3) is 0.667. The van der Waals surface area contributed by atoms with E-state index in [1.54, 1.807) is 0 Å². The summed E-state index contributed by atoms with van der Waals surface area (Å²) in [5.74, 6) is 2.75. The Morgan fingerprint density at radius 2 is 1.50 bits per heavy atom. The first-order chi connectivity index (χ1) is 9.62. The fourth-order valence-corrected chi connectivity index (χ4v) is 5.83. The molecule has 0 aliphatic heterocycles. The first-order valence-electron chi connectivity index (χ1n) is 8.13. The van der Waals surface area contributed by atoms with Crippen molar-refractivity contribution < 1.29 is 4.39 Å². The van der Waals surface area contributed by atoms with Gasteiger partial charge in [0.15, 0.2) is 0 Å². The van der Waals surface area contributed by atoms with Crippen LogP contribution in [0.5, 0.6) is 0 Å². The maximum atomic E-state index is 13.0. The zero-order chi connectivity index (χ0) is 13.7. The van der Waals surface area contributed by atoms with E-state index in [1.165, 1.54) is 50.7 Å². The van der Waals surface area contributed by atoms with Crippen molar-refractivity contribution in [3.05, 3.63) is 35.6 Å². The Kier molecular flexibility index (Phi) is 2.92. The lowest BCUT2D eigenvalue weighted by atomic mass is 9.48. The van der Waals surface area contributed by atoms with E-state index in [1.807, 2.05) is 12.1 Å². The highest BCUT2D eigenvalue weighted by atomic mass is 19.1. The Morgan fingerprint density at radius 1 is 1.00 bits per heavy atom. The molecule has 4 saturated carbocycles. The Balaban J connectivity index is 1.52. The molecular weight excluding hydrogens is 249 g/mol. The normalized spacial score (nSPS) is 40.0. The molecule has 1 atom stereocenters. The highest BCUT2D eigenvalue weighted by Crippen LogP contribution is 2.62. The molecule has 1 aromatic carbocycles. The standard InChI is InChI=1S/C18H24FN/c19-16-3-1-15(2-4-16)17(20)11-18-8-12-5-13(9-18)7-14(6-12)10-18/h1-4,12-14,17H,5-11,20H2. The van der Waals surface area contributed by atoms with E-state index in [-0.39, 0.29) is 11.9 Å². The van der Waals surface area contributed by atoms with Crippen molar-refractivity contribution in [1.82, 2.24) is 0 Å². The maximum Gasteiger partial charge on any atom is 0.123 e. The van der Waals surface area contributed by atoms with Crippen LogP contribution in [0.1, 0.15) is 56.6 Å². The zero-order valence-electron chi connectivity index (χ0n) is 12.0. The molecule has 0 radical (unpaired) electrons. The molecule has 20 heavy (non-hydrogen) atoms. The van der Waals surface area contributed by atoms with Gasteiger partial charge in [-0.3, -0.25) is 0 Å². The minimum Gasteiger partial charge on any atom is -0.324 e. The van der Waals surface area contributed by atoms with Crippen LogP contribution in [0.25, 0.3) is 0 Å². The summed E-state index contributed by atoms with van der Waals surface area (Å²) in [4.78, 5) is 0. The Labute approximate surface area is 120 Å². The number of benzene rings is 1. The second-order valence-electron chi connectivity index (χ2n) is 7.78. The van der Waals surface area contributed by atoms with Gasteiger partial charge in [-0.1, -0.05) is 12.1 Å². The monoisotopic (exact) mass is 273 g/mol. The van der Waals surface area contributed by atoms with E-state index in [4.69, 9.17) is 5.73 Å². The van der Waals surface area contributed by atoms with Gasteiger partial charge in [-0.15, -0.1) is 0 Å². The third-order valence-corrected chi connectivity index (χ3v) is 6.12. The molecule has 0 amide bonds. The molecule has 0 saturated heterocycles. The number of hydrogen-bond acceptors (Lipinski definition) is 1. The lowest BCUT2D eigenvalue weighted by Gasteiger charge is -2.57. The number of nitrogens with two attached hydrogens (primary N) is 1. The van der Waals surface area contributed by atoms with Gasteiger partial charge in [0.05, 0.1) is 0 Å². The number of rotatable bonds is 3. The van der Waals surface area contributed by atoms with E-state index in [0.29, 0.717) is 5.41 Å². The number of halogens is 1. The molecule has 2 N–H and O–H groups in total. The van der Waals surface area contributed by atoms with Crippen LogP contribution < -0.4 is 5.73 Å². The summed E-state index contributed by atoms with van der Waals surface area (Å²) in [5.41, 5.74) is 8.05. The van der Waals surface area contributed by atoms with Crippen LogP contribution in [0.2, 0.25) is 0 Å². The van der Waals surface area contributed by atoms with Crippen molar-refractivity contribution in [2.45, 2.75) is 51.0 Å². The van der Waals surface area contributed by atoms with Gasteiger partial charge < -0.3 is 5.73 Å². The predicted molar refractivity (Wildman–Crippen MR) is 78.6 cm³/mol. The van der Waals surface area contributed by atoms with Gasteiger partial charge in [0, 0.05) is 6.04 Å². The topological polar surface area (TPSA) is 26.0 Å². The molecule has 1 aromatic rings. The summed E-state index contributed by atoms with van der Waals surface area (Å²) in [5, 5.41) is 0. The molecule has 108 valence electrons. The molecule has 1 nitrogen and oxygen atoms in total. The molecule has 0 heterocycles. The van der Waals surface area contributed by atoms with Gasteiger partial charge in [0.1, 0.15) is 5.82 Å². The minimum absolute atomic E-state index is 0.0758. The molecule has 0 aromatic heterocycles. The maximum absolute atomic E-state index is 13.0. The SMILES string of the molecule is NC(CC12CC3CC(CC(C3)C1)C2)c1ccc(F)cc1. The predicted octanol–water partition coefficient (Wildman–Crippen LogP) is 4.43. The van der Waals surface area contributed by atoms with Gasteiger partial charge in [0.25, 0.3) is 0 Å². The van der Waals surface area contributed by atoms with Crippen LogP contribution in [0.4, 0.5) is 4.39 Å². The molecule has 0 spiro atoms. The van der Waals surface area contributed by atoms with Crippen LogP contribution in [0.15, 0.2) is 24.3 Å². The second-order valence-corrected chi connectivity index (χ2v) is 7.78. The molecule has 1 unspecified atom stereocenters. The first-order valence-corrected chi connectivity index (χ1v) is 8.13. The smallest absolute Gasteiger partial charge is 0.123 e. The van der Waals surface area contributed by atoms with Gasteiger partial charge in [-0.2, -0.15) is 0 Å². The largest absolute Gasteiger partial charge is 0.324 e. The van der Waals surface area contributed by atoms with E-state index >= 15 is 0 Å². The van der Waals surface area contributed by atoms with Gasteiger partial charge in [0.2, 0.25) is 0 Å². The molecule has 5 rings (SSSR count). The van der Waals surface area contributed by atoms with Crippen molar-refractivity contribution >= 4 is 0 Å². The van der Waals surface area contributed by atoms with E-state index < -0.39 is 0 Å². The quantitative estimate of drug-likeness (QED) is 0.866. The molecule has 4 bridgehead atoms. The summed E-state index contributed by atoms with van der Waals surface area (Å²) < 4.78 is 13.0. The van der Waals surface area contributed by atoms with E-state index in [2.05, 4.69) is 0 Å². The summed E-state index contributed by atoms with van der Waals surface area (Å²) in [7, 11) is 0. The Bertz CT molecular complexity index is 457. The average molecular weight is 273 g/mol. The van der Waals surface area contributed by atoms with E-state index in [9.17, 15) is 4.39 Å². The van der Waals surface area contributed by atoms with Crippen molar-refractivity contribution in [3.63, 3.8) is 0 Å². The average Bonchev–Trinajstić information content (AvgIpc) is 2.37. The van der Waals surface area contributed by atoms with Crippen LogP contribution >= 0.6 is 0 Å². The van der Waals surface area contributed by atoms with Crippen molar-refractivity contribution in [3.8, 4) is 0 Å². The second kappa shape index (κ2) is 4.56. The van der Waals surface area contributed by atoms with Crippen LogP contribution in [0, 0.1) is 29.0 Å². The summed E-state index contributed by atoms with van der Waals surface area (Å²) in [6.45, 7) is 0.